The van der Waals surface area contributed by atoms with Crippen molar-refractivity contribution < 1.29 is 38.6 Å². The van der Waals surface area contributed by atoms with E-state index in [0.29, 0.717) is 6.61 Å². The van der Waals surface area contributed by atoms with Gasteiger partial charge in [0.1, 0.15) is 12.2 Å². The number of aliphatic hydroxyl groups is 3. The molecule has 4 N–H and O–H groups in total. The van der Waals surface area contributed by atoms with Crippen LogP contribution in [0.3, 0.4) is 0 Å². The van der Waals surface area contributed by atoms with Gasteiger partial charge in [0, 0.05) is 6.61 Å². The van der Waals surface area contributed by atoms with Crippen molar-refractivity contribution in [2.24, 2.45) is 0 Å². The van der Waals surface area contributed by atoms with Crippen molar-refractivity contribution in [1.82, 2.24) is 0 Å². The fourth-order valence-corrected chi connectivity index (χ4v) is 2.85. The summed E-state index contributed by atoms with van der Waals surface area (Å²) in [6, 6.07) is 0. The van der Waals surface area contributed by atoms with E-state index in [-0.39, 0.29) is 6.61 Å². The maximum Gasteiger partial charge on any atom is 0.472 e. The van der Waals surface area contributed by atoms with Gasteiger partial charge in [-0.3, -0.25) is 9.05 Å². The summed E-state index contributed by atoms with van der Waals surface area (Å²) in [6.07, 6.45) is 7.27. The van der Waals surface area contributed by atoms with Crippen LogP contribution in [0.15, 0.2) is 0 Å². The topological polar surface area (TPSA) is 126 Å². The first kappa shape index (κ1) is 24.9. The van der Waals surface area contributed by atoms with Crippen LogP contribution in [0.5, 0.6) is 0 Å². The Labute approximate surface area is 150 Å². The predicted octanol–water partition coefficient (Wildman–Crippen LogP) is 1.99. The summed E-state index contributed by atoms with van der Waals surface area (Å²) in [7, 11) is -4.37. The van der Waals surface area contributed by atoms with Crippen LogP contribution in [-0.4, -0.2) is 65.5 Å². The maximum atomic E-state index is 11.4. The third kappa shape index (κ3) is 17.1. The minimum Gasteiger partial charge on any atom is -0.394 e. The molecule has 0 radical (unpaired) electrons. The molecule has 0 fully saturated rings. The van der Waals surface area contributed by atoms with Gasteiger partial charge in [0.15, 0.2) is 0 Å². The number of unbranched alkanes of at least 4 members (excludes halogenated alkanes) is 7. The van der Waals surface area contributed by atoms with Crippen molar-refractivity contribution in [2.75, 3.05) is 33.0 Å². The number of hydrogen-bond acceptors (Lipinski definition) is 7. The second kappa shape index (κ2) is 16.1. The van der Waals surface area contributed by atoms with Gasteiger partial charge in [-0.25, -0.2) is 4.57 Å². The molecule has 0 aliphatic heterocycles. The lowest BCUT2D eigenvalue weighted by Gasteiger charge is -2.16. The van der Waals surface area contributed by atoms with Gasteiger partial charge < -0.3 is 24.9 Å². The molecule has 25 heavy (non-hydrogen) atoms. The average Bonchev–Trinajstić information content (AvgIpc) is 2.59. The van der Waals surface area contributed by atoms with Crippen LogP contribution in [0.4, 0.5) is 0 Å². The molecule has 0 aromatic rings. The number of phosphoric acid groups is 1. The Bertz CT molecular complexity index is 342. The van der Waals surface area contributed by atoms with E-state index < -0.39 is 39.9 Å². The van der Waals surface area contributed by atoms with Gasteiger partial charge in [0.2, 0.25) is 0 Å². The molecule has 0 heterocycles. The Balaban J connectivity index is 3.51. The van der Waals surface area contributed by atoms with Crippen LogP contribution < -0.4 is 0 Å². The Morgan fingerprint density at radius 1 is 0.840 bits per heavy atom. The first-order valence-corrected chi connectivity index (χ1v) is 10.6. The highest BCUT2D eigenvalue weighted by atomic mass is 31.2. The van der Waals surface area contributed by atoms with Crippen LogP contribution in [-0.2, 0) is 18.3 Å². The molecule has 0 spiro atoms. The SMILES string of the molecule is CCCCCCCCCCOCC(O)COP(=O)(O)OCC(O)CO. The van der Waals surface area contributed by atoms with Crippen molar-refractivity contribution >= 4 is 7.82 Å². The summed E-state index contributed by atoms with van der Waals surface area (Å²) in [6.45, 7) is 1.20. The highest BCUT2D eigenvalue weighted by Gasteiger charge is 2.24. The van der Waals surface area contributed by atoms with Crippen molar-refractivity contribution in [3.05, 3.63) is 0 Å². The second-order valence-corrected chi connectivity index (χ2v) is 7.55. The second-order valence-electron chi connectivity index (χ2n) is 6.10. The minimum absolute atomic E-state index is 0.00969. The van der Waals surface area contributed by atoms with Crippen LogP contribution in [0.1, 0.15) is 58.3 Å². The van der Waals surface area contributed by atoms with Crippen LogP contribution in [0.2, 0.25) is 0 Å². The summed E-state index contributed by atoms with van der Waals surface area (Å²) in [5, 5.41) is 27.2. The molecular formula is C16H35O8P. The Kier molecular flexibility index (Phi) is 16.1. The monoisotopic (exact) mass is 386 g/mol. The van der Waals surface area contributed by atoms with Gasteiger partial charge in [-0.15, -0.1) is 0 Å². The Morgan fingerprint density at radius 3 is 1.92 bits per heavy atom. The fourth-order valence-electron chi connectivity index (χ4n) is 2.06. The van der Waals surface area contributed by atoms with E-state index in [0.717, 1.165) is 12.8 Å². The normalized spacial score (nSPS) is 16.5. The summed E-state index contributed by atoms with van der Waals surface area (Å²) < 4.78 is 25.8. The van der Waals surface area contributed by atoms with Crippen molar-refractivity contribution in [3.8, 4) is 0 Å². The molecule has 0 aromatic heterocycles. The summed E-state index contributed by atoms with van der Waals surface area (Å²) in [4.78, 5) is 9.32. The van der Waals surface area contributed by atoms with Crippen molar-refractivity contribution in [2.45, 2.75) is 70.5 Å². The standard InChI is InChI=1S/C16H35O8P/c1-2-3-4-5-6-7-8-9-10-22-12-16(19)14-24-25(20,21)23-13-15(18)11-17/h15-19H,2-14H2,1H3,(H,20,21). The van der Waals surface area contributed by atoms with E-state index in [1.54, 1.807) is 0 Å². The third-order valence-corrected chi connectivity index (χ3v) is 4.47. The summed E-state index contributed by atoms with van der Waals surface area (Å²) in [5.74, 6) is 0. The van der Waals surface area contributed by atoms with E-state index in [9.17, 15) is 14.6 Å². The fraction of sp³-hybridized carbons (Fsp3) is 1.00. The van der Waals surface area contributed by atoms with Gasteiger partial charge in [0.05, 0.1) is 26.4 Å². The molecule has 8 nitrogen and oxygen atoms in total. The van der Waals surface area contributed by atoms with E-state index in [2.05, 4.69) is 16.0 Å². The van der Waals surface area contributed by atoms with Gasteiger partial charge >= 0.3 is 7.82 Å². The lowest BCUT2D eigenvalue weighted by Crippen LogP contribution is -2.23. The first-order valence-electron chi connectivity index (χ1n) is 9.08. The molecule has 0 saturated heterocycles. The molecule has 152 valence electrons. The van der Waals surface area contributed by atoms with Crippen LogP contribution in [0.25, 0.3) is 0 Å². The van der Waals surface area contributed by atoms with E-state index in [1.807, 2.05) is 0 Å². The number of ether oxygens (including phenoxy) is 1. The van der Waals surface area contributed by atoms with Gasteiger partial charge in [-0.2, -0.15) is 0 Å². The van der Waals surface area contributed by atoms with Crippen molar-refractivity contribution in [3.63, 3.8) is 0 Å². The lowest BCUT2D eigenvalue weighted by atomic mass is 10.1. The zero-order valence-corrected chi connectivity index (χ0v) is 16.1. The summed E-state index contributed by atoms with van der Waals surface area (Å²) >= 11 is 0. The molecule has 0 amide bonds. The molecule has 0 aromatic carbocycles. The first-order chi connectivity index (χ1) is 11.9. The third-order valence-electron chi connectivity index (χ3n) is 3.52. The van der Waals surface area contributed by atoms with E-state index in [1.165, 1.54) is 38.5 Å². The molecule has 9 heteroatoms. The van der Waals surface area contributed by atoms with Gasteiger partial charge in [-0.05, 0) is 6.42 Å². The number of hydrogen-bond donors (Lipinski definition) is 4. The Morgan fingerprint density at radius 2 is 1.36 bits per heavy atom. The molecule has 3 unspecified atom stereocenters. The predicted molar refractivity (Wildman–Crippen MR) is 94.3 cm³/mol. The van der Waals surface area contributed by atoms with Crippen molar-refractivity contribution in [1.29, 1.82) is 0 Å². The number of aliphatic hydroxyl groups excluding tert-OH is 3. The van der Waals surface area contributed by atoms with Crippen LogP contribution in [0, 0.1) is 0 Å². The number of phosphoric ester groups is 1. The van der Waals surface area contributed by atoms with Crippen LogP contribution >= 0.6 is 7.82 Å². The largest absolute Gasteiger partial charge is 0.472 e. The average molecular weight is 386 g/mol. The molecule has 0 bridgehead atoms. The van der Waals surface area contributed by atoms with E-state index >= 15 is 0 Å². The zero-order valence-electron chi connectivity index (χ0n) is 15.2. The van der Waals surface area contributed by atoms with Gasteiger partial charge in [-0.1, -0.05) is 51.9 Å². The van der Waals surface area contributed by atoms with Gasteiger partial charge in [0.25, 0.3) is 0 Å². The quantitative estimate of drug-likeness (QED) is 0.208. The maximum absolute atomic E-state index is 11.4. The minimum atomic E-state index is -4.37. The molecule has 0 saturated carbocycles. The smallest absolute Gasteiger partial charge is 0.394 e. The lowest BCUT2D eigenvalue weighted by molar-refractivity contribution is -0.00437. The molecule has 0 aliphatic carbocycles. The molecule has 3 atom stereocenters. The molecular weight excluding hydrogens is 351 g/mol. The molecule has 0 rings (SSSR count). The summed E-state index contributed by atoms with van der Waals surface area (Å²) in [5.41, 5.74) is 0. The molecule has 0 aliphatic rings. The number of rotatable bonds is 18. The highest BCUT2D eigenvalue weighted by molar-refractivity contribution is 7.47. The zero-order chi connectivity index (χ0) is 19.0. The highest BCUT2D eigenvalue weighted by Crippen LogP contribution is 2.43. The Hall–Kier alpha value is -0.0500. The van der Waals surface area contributed by atoms with E-state index in [4.69, 9.17) is 14.9 Å².